The minimum Gasteiger partial charge on any atom is -0.390 e. The van der Waals surface area contributed by atoms with Crippen molar-refractivity contribution in [2.45, 2.75) is 107 Å². The van der Waals surface area contributed by atoms with Crippen LogP contribution in [0, 0.1) is 17.8 Å². The summed E-state index contributed by atoms with van der Waals surface area (Å²) in [4.78, 5) is 47.7. The molecular formula is C37H54N4O8S2. The Morgan fingerprint density at radius 3 is 2.29 bits per heavy atom. The third kappa shape index (κ3) is 10.6. The van der Waals surface area contributed by atoms with E-state index in [0.29, 0.717) is 31.2 Å². The van der Waals surface area contributed by atoms with Gasteiger partial charge in [-0.15, -0.1) is 11.3 Å². The molecule has 282 valence electrons. The number of benzene rings is 1. The molecule has 0 spiro atoms. The fourth-order valence-electron chi connectivity index (χ4n) is 7.23. The van der Waals surface area contributed by atoms with Crippen LogP contribution in [0.3, 0.4) is 0 Å². The Kier molecular flexibility index (Phi) is 13.7. The number of amides is 3. The number of hydrogen-bond acceptors (Lipinski definition) is 10. The first-order valence-electron chi connectivity index (χ1n) is 18.3. The highest BCUT2D eigenvalue weighted by atomic mass is 32.2. The van der Waals surface area contributed by atoms with E-state index in [1.165, 1.54) is 30.1 Å². The average molecular weight is 747 g/mol. The summed E-state index contributed by atoms with van der Waals surface area (Å²) in [5, 5.41) is 29.8. The zero-order valence-electron chi connectivity index (χ0n) is 29.7. The number of aliphatic hydroxyl groups is 2. The molecule has 5 atom stereocenters. The molecule has 2 saturated carbocycles. The largest absolute Gasteiger partial charge is 0.390 e. The van der Waals surface area contributed by atoms with Crippen LogP contribution in [0.15, 0.2) is 41.2 Å². The minimum atomic E-state index is -4.20. The van der Waals surface area contributed by atoms with E-state index in [1.54, 1.807) is 35.2 Å². The number of thiazole rings is 1. The number of nitrogens with zero attached hydrogens (tertiary/aromatic N) is 2. The normalized spacial score (nSPS) is 20.5. The summed E-state index contributed by atoms with van der Waals surface area (Å²) >= 11 is 1.35. The molecule has 1 saturated heterocycles. The lowest BCUT2D eigenvalue weighted by Crippen LogP contribution is -2.57. The second kappa shape index (κ2) is 17.7. The van der Waals surface area contributed by atoms with Gasteiger partial charge in [0.2, 0.25) is 17.7 Å². The quantitative estimate of drug-likeness (QED) is 0.190. The number of aliphatic hydroxyl groups excluding tert-OH is 2. The van der Waals surface area contributed by atoms with Crippen molar-refractivity contribution in [3.05, 3.63) is 52.5 Å². The van der Waals surface area contributed by atoms with Gasteiger partial charge in [0, 0.05) is 24.9 Å². The Labute approximate surface area is 305 Å². The van der Waals surface area contributed by atoms with Gasteiger partial charge >= 0.3 is 0 Å². The highest BCUT2D eigenvalue weighted by molar-refractivity contribution is 7.93. The van der Waals surface area contributed by atoms with E-state index >= 15 is 0 Å². The summed E-state index contributed by atoms with van der Waals surface area (Å²) in [6.07, 6.45) is 5.42. The molecule has 3 aliphatic rings. The molecule has 3 amide bonds. The number of aromatic nitrogens is 1. The molecule has 1 aromatic heterocycles. The first-order chi connectivity index (χ1) is 24.4. The van der Waals surface area contributed by atoms with E-state index in [-0.39, 0.29) is 31.8 Å². The van der Waals surface area contributed by atoms with Crippen molar-refractivity contribution < 1.29 is 37.8 Å². The van der Waals surface area contributed by atoms with E-state index in [1.807, 2.05) is 6.07 Å². The van der Waals surface area contributed by atoms with Crippen molar-refractivity contribution in [1.29, 1.82) is 0 Å². The molecule has 1 aromatic carbocycles. The van der Waals surface area contributed by atoms with E-state index in [9.17, 15) is 33.0 Å². The molecule has 12 nitrogen and oxygen atoms in total. The van der Waals surface area contributed by atoms with Gasteiger partial charge in [0.1, 0.15) is 16.9 Å². The van der Waals surface area contributed by atoms with E-state index in [2.05, 4.69) is 15.6 Å². The van der Waals surface area contributed by atoms with Crippen LogP contribution in [-0.2, 0) is 41.8 Å². The Bertz CT molecular complexity index is 1540. The summed E-state index contributed by atoms with van der Waals surface area (Å²) < 4.78 is 31.6. The number of hydrogen-bond donors (Lipinski definition) is 4. The number of rotatable bonds is 17. The Morgan fingerprint density at radius 2 is 1.67 bits per heavy atom. The maximum absolute atomic E-state index is 14.2. The molecule has 0 bridgehead atoms. The summed E-state index contributed by atoms with van der Waals surface area (Å²) in [6, 6.07) is 7.18. The minimum absolute atomic E-state index is 0.00339. The Hall–Kier alpha value is -2.91. The van der Waals surface area contributed by atoms with Gasteiger partial charge in [0.25, 0.3) is 0 Å². The molecule has 14 heteroatoms. The van der Waals surface area contributed by atoms with Gasteiger partial charge in [-0.25, -0.2) is 13.4 Å². The molecule has 2 heterocycles. The number of sulfone groups is 1. The van der Waals surface area contributed by atoms with Crippen molar-refractivity contribution in [2.24, 2.45) is 17.8 Å². The second-order valence-corrected chi connectivity index (χ2v) is 18.3. The van der Waals surface area contributed by atoms with Gasteiger partial charge in [-0.2, -0.15) is 0 Å². The third-order valence-electron chi connectivity index (χ3n) is 10.7. The number of morpholine rings is 1. The van der Waals surface area contributed by atoms with Crippen molar-refractivity contribution in [3.8, 4) is 0 Å². The summed E-state index contributed by atoms with van der Waals surface area (Å²) in [6.45, 7) is 3.97. The molecule has 51 heavy (non-hydrogen) atoms. The van der Waals surface area contributed by atoms with Crippen molar-refractivity contribution >= 4 is 38.9 Å². The molecule has 5 rings (SSSR count). The Balaban J connectivity index is 1.38. The lowest BCUT2D eigenvalue weighted by atomic mass is 9.82. The van der Waals surface area contributed by atoms with Gasteiger partial charge in [0.15, 0.2) is 9.84 Å². The van der Waals surface area contributed by atoms with Crippen molar-refractivity contribution in [3.63, 3.8) is 0 Å². The Morgan fingerprint density at radius 1 is 0.980 bits per heavy atom. The standard InChI is InChI=1S/C37H54N4O8S2/c1-37(2,36(46)41-15-17-49-18-16-41)51(47,48)23-28(19-25-9-5-3-6-10-25)34(44)40-31(21-29-22-50-24-38-29)35(45)39-30(20-26-11-7-4-8-12-26)33(43)32(42)27-13-14-27/h3,5-6,9-10,22,24,26-28,30-33,42-43H,4,7-8,11-21,23H2,1-2H3,(H,39,45)(H,40,44)/t28-,30+,31?,32+,33-/m1/s1. The van der Waals surface area contributed by atoms with Crippen LogP contribution in [0.2, 0.25) is 0 Å². The number of ether oxygens (including phenoxy) is 1. The summed E-state index contributed by atoms with van der Waals surface area (Å²) in [5.41, 5.74) is 2.94. The predicted octanol–water partition coefficient (Wildman–Crippen LogP) is 2.67. The molecule has 1 unspecified atom stereocenters. The van der Waals surface area contributed by atoms with E-state index in [4.69, 9.17) is 4.74 Å². The van der Waals surface area contributed by atoms with Gasteiger partial charge in [-0.05, 0) is 56.9 Å². The maximum atomic E-state index is 14.2. The highest BCUT2D eigenvalue weighted by Gasteiger charge is 2.46. The first kappa shape index (κ1) is 39.3. The number of carbonyl (C=O) groups excluding carboxylic acids is 3. The summed E-state index contributed by atoms with van der Waals surface area (Å²) in [5.74, 6) is -3.17. The van der Waals surface area contributed by atoms with Crippen LogP contribution in [0.4, 0.5) is 0 Å². The van der Waals surface area contributed by atoms with Gasteiger partial charge in [-0.1, -0.05) is 62.4 Å². The van der Waals surface area contributed by atoms with E-state index in [0.717, 1.165) is 50.5 Å². The van der Waals surface area contributed by atoms with Crippen molar-refractivity contribution in [1.82, 2.24) is 20.5 Å². The van der Waals surface area contributed by atoms with Gasteiger partial charge < -0.3 is 30.5 Å². The SMILES string of the molecule is CC(C)(C(=O)N1CCOCC1)S(=O)(=O)C[C@@H](Cc1ccccc1)C(=O)NC(Cc1cscn1)C(=O)N[C@@H](CC1CCCCC1)[C@@H](O)[C@@H](O)C1CC1. The smallest absolute Gasteiger partial charge is 0.243 e. The molecule has 3 fully saturated rings. The van der Waals surface area contributed by atoms with Crippen LogP contribution in [-0.4, -0.2) is 107 Å². The third-order valence-corrected chi connectivity index (χ3v) is 13.9. The molecule has 1 aliphatic heterocycles. The highest BCUT2D eigenvalue weighted by Crippen LogP contribution is 2.36. The van der Waals surface area contributed by atoms with Gasteiger partial charge in [0.05, 0.1) is 48.2 Å². The fraction of sp³-hybridized carbons (Fsp3) is 0.676. The molecule has 0 radical (unpaired) electrons. The lowest BCUT2D eigenvalue weighted by Gasteiger charge is -2.35. The van der Waals surface area contributed by atoms with Crippen LogP contribution in [0.5, 0.6) is 0 Å². The molecule has 4 N–H and O–H groups in total. The predicted molar refractivity (Wildman–Crippen MR) is 195 cm³/mol. The zero-order valence-corrected chi connectivity index (χ0v) is 31.4. The number of carbonyl (C=O) groups is 3. The zero-order chi connectivity index (χ0) is 36.6. The second-order valence-electron chi connectivity index (χ2n) is 15.0. The van der Waals surface area contributed by atoms with Crippen LogP contribution >= 0.6 is 11.3 Å². The summed E-state index contributed by atoms with van der Waals surface area (Å²) in [7, 11) is -4.20. The molecule has 2 aliphatic carbocycles. The lowest BCUT2D eigenvalue weighted by molar-refractivity contribution is -0.137. The van der Waals surface area contributed by atoms with Crippen LogP contribution < -0.4 is 10.6 Å². The van der Waals surface area contributed by atoms with E-state index < -0.39 is 68.3 Å². The topological polar surface area (TPSA) is 175 Å². The average Bonchev–Trinajstić information content (AvgIpc) is 3.86. The van der Waals surface area contributed by atoms with Crippen molar-refractivity contribution in [2.75, 3.05) is 32.1 Å². The maximum Gasteiger partial charge on any atom is 0.243 e. The monoisotopic (exact) mass is 746 g/mol. The first-order valence-corrected chi connectivity index (χ1v) is 20.9. The van der Waals surface area contributed by atoms with Crippen LogP contribution in [0.25, 0.3) is 0 Å². The van der Waals surface area contributed by atoms with Crippen LogP contribution in [0.1, 0.15) is 76.5 Å². The number of nitrogens with one attached hydrogen (secondary N) is 2. The van der Waals surface area contributed by atoms with Gasteiger partial charge in [-0.3, -0.25) is 14.4 Å². The molecule has 2 aromatic rings. The fourth-order valence-corrected chi connectivity index (χ4v) is 9.41. The molecular weight excluding hydrogens is 693 g/mol.